The van der Waals surface area contributed by atoms with Crippen LogP contribution in [-0.4, -0.2) is 28.6 Å². The molecule has 1 aromatic rings. The van der Waals surface area contributed by atoms with Gasteiger partial charge < -0.3 is 13.3 Å². The predicted molar refractivity (Wildman–Crippen MR) is 103 cm³/mol. The van der Waals surface area contributed by atoms with Gasteiger partial charge in [-0.25, -0.2) is 0 Å². The Morgan fingerprint density at radius 1 is 1.11 bits per heavy atom. The van der Waals surface area contributed by atoms with Crippen LogP contribution in [-0.2, 0) is 24.1 Å². The fourth-order valence-electron chi connectivity index (χ4n) is 2.65. The van der Waals surface area contributed by atoms with Crippen LogP contribution in [0.5, 0.6) is 5.75 Å². The number of benzene rings is 1. The number of fused-ring (bicyclic) bond motifs is 1. The Bertz CT molecular complexity index is 897. The van der Waals surface area contributed by atoms with E-state index < -0.39 is 36.0 Å². The van der Waals surface area contributed by atoms with E-state index in [0.29, 0.717) is 0 Å². The highest BCUT2D eigenvalue weighted by molar-refractivity contribution is 7.87. The topological polar surface area (TPSA) is 61.8 Å². The molecule has 1 aromatic carbocycles. The standard InChI is InChI=1S/C18H25F3O5SSi/c1-16(2,3)11-8-9-12-13(10-11)24-17(4,5)15(26-28(6)7)14(12)25-27(22,23)18(19,20)21/h8-10,28H,1-7H3. The van der Waals surface area contributed by atoms with Crippen molar-refractivity contribution in [3.05, 3.63) is 35.1 Å². The van der Waals surface area contributed by atoms with Gasteiger partial charge in [-0.15, -0.1) is 0 Å². The molecule has 0 radical (unpaired) electrons. The van der Waals surface area contributed by atoms with E-state index in [4.69, 9.17) is 9.16 Å². The molecule has 0 atom stereocenters. The molecule has 28 heavy (non-hydrogen) atoms. The fraction of sp³-hybridized carbons (Fsp3) is 0.556. The number of hydrogen-bond acceptors (Lipinski definition) is 5. The summed E-state index contributed by atoms with van der Waals surface area (Å²) in [6.45, 7) is 12.7. The van der Waals surface area contributed by atoms with Gasteiger partial charge >= 0.3 is 15.6 Å². The third-order valence-electron chi connectivity index (χ3n) is 4.04. The monoisotopic (exact) mass is 438 g/mol. The lowest BCUT2D eigenvalue weighted by Crippen LogP contribution is -2.39. The summed E-state index contributed by atoms with van der Waals surface area (Å²) in [5, 5.41) is 0. The molecule has 1 heterocycles. The average Bonchev–Trinajstić information content (AvgIpc) is 2.47. The van der Waals surface area contributed by atoms with Crippen LogP contribution in [0, 0.1) is 0 Å². The second-order valence-corrected chi connectivity index (χ2v) is 12.3. The van der Waals surface area contributed by atoms with E-state index in [1.165, 1.54) is 6.07 Å². The van der Waals surface area contributed by atoms with E-state index in [1.807, 2.05) is 20.8 Å². The maximum Gasteiger partial charge on any atom is 0.534 e. The van der Waals surface area contributed by atoms with Crippen molar-refractivity contribution in [2.75, 3.05) is 0 Å². The molecule has 0 bridgehead atoms. The maximum atomic E-state index is 13.0. The first-order valence-corrected chi connectivity index (χ1v) is 12.9. The lowest BCUT2D eigenvalue weighted by Gasteiger charge is -2.37. The third kappa shape index (κ3) is 4.48. The molecule has 0 aromatic heterocycles. The number of alkyl halides is 3. The number of halogens is 3. The lowest BCUT2D eigenvalue weighted by atomic mass is 9.85. The van der Waals surface area contributed by atoms with Gasteiger partial charge in [-0.05, 0) is 50.1 Å². The van der Waals surface area contributed by atoms with Gasteiger partial charge in [-0.1, -0.05) is 26.8 Å². The summed E-state index contributed by atoms with van der Waals surface area (Å²) in [7, 11) is -7.70. The van der Waals surface area contributed by atoms with Crippen molar-refractivity contribution in [2.45, 2.75) is 64.2 Å². The summed E-state index contributed by atoms with van der Waals surface area (Å²) in [6.07, 6.45) is 0. The summed E-state index contributed by atoms with van der Waals surface area (Å²) in [5.74, 6) is -0.300. The summed E-state index contributed by atoms with van der Waals surface area (Å²) < 4.78 is 78.7. The van der Waals surface area contributed by atoms with Crippen LogP contribution < -0.4 is 4.74 Å². The predicted octanol–water partition coefficient (Wildman–Crippen LogP) is 4.69. The fourth-order valence-corrected chi connectivity index (χ4v) is 3.99. The van der Waals surface area contributed by atoms with Crippen molar-refractivity contribution < 1.29 is 34.9 Å². The summed E-state index contributed by atoms with van der Waals surface area (Å²) in [4.78, 5) is 0. The van der Waals surface area contributed by atoms with Gasteiger partial charge in [0.15, 0.2) is 17.1 Å². The summed E-state index contributed by atoms with van der Waals surface area (Å²) >= 11 is 0. The Labute approximate surface area is 165 Å². The molecular weight excluding hydrogens is 413 g/mol. The van der Waals surface area contributed by atoms with Crippen molar-refractivity contribution >= 4 is 24.9 Å². The Hall–Kier alpha value is -1.68. The van der Waals surface area contributed by atoms with Crippen LogP contribution >= 0.6 is 0 Å². The van der Waals surface area contributed by atoms with Crippen molar-refractivity contribution in [3.63, 3.8) is 0 Å². The maximum absolute atomic E-state index is 13.0. The van der Waals surface area contributed by atoms with Gasteiger partial charge in [-0.2, -0.15) is 21.6 Å². The van der Waals surface area contributed by atoms with Crippen LogP contribution in [0.2, 0.25) is 13.1 Å². The molecule has 0 unspecified atom stereocenters. The highest BCUT2D eigenvalue weighted by Crippen LogP contribution is 2.45. The molecule has 1 aliphatic rings. The van der Waals surface area contributed by atoms with Crippen molar-refractivity contribution in [2.24, 2.45) is 0 Å². The second kappa shape index (κ2) is 6.98. The lowest BCUT2D eigenvalue weighted by molar-refractivity contribution is -0.0512. The Morgan fingerprint density at radius 3 is 2.14 bits per heavy atom. The summed E-state index contributed by atoms with van der Waals surface area (Å²) in [6, 6.07) is 4.89. The normalized spacial score (nSPS) is 17.2. The quantitative estimate of drug-likeness (QED) is 0.388. The van der Waals surface area contributed by atoms with Crippen molar-refractivity contribution in [1.29, 1.82) is 0 Å². The minimum Gasteiger partial charge on any atom is -0.545 e. The van der Waals surface area contributed by atoms with Crippen LogP contribution in [0.25, 0.3) is 5.76 Å². The van der Waals surface area contributed by atoms with Crippen LogP contribution in [0.4, 0.5) is 13.2 Å². The van der Waals surface area contributed by atoms with Gasteiger partial charge in [0.2, 0.25) is 9.04 Å². The smallest absolute Gasteiger partial charge is 0.534 e. The number of hydrogen-bond donors (Lipinski definition) is 0. The molecule has 5 nitrogen and oxygen atoms in total. The largest absolute Gasteiger partial charge is 0.545 e. The molecule has 0 aliphatic carbocycles. The molecule has 0 spiro atoms. The summed E-state index contributed by atoms with van der Waals surface area (Å²) in [5.41, 5.74) is -6.04. The van der Waals surface area contributed by atoms with Crippen LogP contribution in [0.1, 0.15) is 45.7 Å². The zero-order chi connectivity index (χ0) is 21.7. The Morgan fingerprint density at radius 2 is 1.68 bits per heavy atom. The minimum atomic E-state index is -5.88. The molecule has 0 fully saturated rings. The van der Waals surface area contributed by atoms with Gasteiger partial charge in [-0.3, -0.25) is 0 Å². The molecule has 0 saturated carbocycles. The average molecular weight is 439 g/mol. The van der Waals surface area contributed by atoms with Gasteiger partial charge in [0.25, 0.3) is 0 Å². The SMILES string of the molecule is C[SiH](C)OC1=C(OS(=O)(=O)C(F)(F)F)c2ccc(C(C)(C)C)cc2OC1(C)C. The van der Waals surface area contributed by atoms with Crippen LogP contribution in [0.15, 0.2) is 24.0 Å². The molecular formula is C18H25F3O5SSi. The molecule has 1 aliphatic heterocycles. The first kappa shape index (κ1) is 22.6. The Balaban J connectivity index is 2.74. The molecule has 0 N–H and O–H groups in total. The zero-order valence-corrected chi connectivity index (χ0v) is 18.9. The van der Waals surface area contributed by atoms with E-state index in [-0.39, 0.29) is 22.5 Å². The van der Waals surface area contributed by atoms with Crippen molar-refractivity contribution in [1.82, 2.24) is 0 Å². The molecule has 2 rings (SSSR count). The molecule has 0 saturated heterocycles. The van der Waals surface area contributed by atoms with E-state index in [9.17, 15) is 21.6 Å². The molecule has 158 valence electrons. The Kier molecular flexibility index (Phi) is 5.63. The molecule has 0 amide bonds. The zero-order valence-electron chi connectivity index (χ0n) is 16.9. The third-order valence-corrected chi connectivity index (χ3v) is 5.70. The van der Waals surface area contributed by atoms with E-state index in [2.05, 4.69) is 4.18 Å². The highest BCUT2D eigenvalue weighted by atomic mass is 32.2. The first-order chi connectivity index (χ1) is 12.5. The first-order valence-electron chi connectivity index (χ1n) is 8.72. The van der Waals surface area contributed by atoms with Crippen molar-refractivity contribution in [3.8, 4) is 5.75 Å². The number of ether oxygens (including phenoxy) is 1. The van der Waals surface area contributed by atoms with E-state index in [1.54, 1.807) is 39.1 Å². The van der Waals surface area contributed by atoms with Gasteiger partial charge in [0.05, 0.1) is 5.56 Å². The highest BCUT2D eigenvalue weighted by Gasteiger charge is 2.51. The van der Waals surface area contributed by atoms with E-state index >= 15 is 0 Å². The van der Waals surface area contributed by atoms with Crippen LogP contribution in [0.3, 0.4) is 0 Å². The number of rotatable bonds is 4. The van der Waals surface area contributed by atoms with Gasteiger partial charge in [0.1, 0.15) is 5.75 Å². The molecule has 10 heteroatoms. The van der Waals surface area contributed by atoms with Gasteiger partial charge in [0, 0.05) is 0 Å². The van der Waals surface area contributed by atoms with E-state index in [0.717, 1.165) is 5.56 Å². The second-order valence-electron chi connectivity index (χ2n) is 8.38. The minimum absolute atomic E-state index is 0.0574.